The van der Waals surface area contributed by atoms with Gasteiger partial charge in [-0.25, -0.2) is 0 Å². The first-order valence-electron chi connectivity index (χ1n) is 7.18. The van der Waals surface area contributed by atoms with Crippen molar-refractivity contribution < 1.29 is 9.90 Å². The van der Waals surface area contributed by atoms with Crippen molar-refractivity contribution in [3.8, 4) is 11.1 Å². The molecule has 110 valence electrons. The fourth-order valence-electron chi connectivity index (χ4n) is 2.27. The highest BCUT2D eigenvalue weighted by molar-refractivity contribution is 6.30. The third-order valence-corrected chi connectivity index (χ3v) is 3.77. The van der Waals surface area contributed by atoms with E-state index in [0.717, 1.165) is 40.8 Å². The van der Waals surface area contributed by atoms with Crippen LogP contribution in [-0.4, -0.2) is 11.4 Å². The molecule has 0 saturated heterocycles. The van der Waals surface area contributed by atoms with Crippen molar-refractivity contribution in [1.82, 2.24) is 0 Å². The van der Waals surface area contributed by atoms with Gasteiger partial charge in [0, 0.05) is 11.4 Å². The molecule has 1 atom stereocenters. The van der Waals surface area contributed by atoms with Gasteiger partial charge >= 0.3 is 0 Å². The highest BCUT2D eigenvalue weighted by Crippen LogP contribution is 2.25. The van der Waals surface area contributed by atoms with Crippen molar-refractivity contribution in [3.05, 3.63) is 59.1 Å². The predicted octanol–water partition coefficient (Wildman–Crippen LogP) is 4.80. The van der Waals surface area contributed by atoms with Crippen LogP contribution in [0.15, 0.2) is 48.5 Å². The summed E-state index contributed by atoms with van der Waals surface area (Å²) < 4.78 is 0. The molecule has 21 heavy (non-hydrogen) atoms. The number of aldehydes is 1. The van der Waals surface area contributed by atoms with Gasteiger partial charge in [0.25, 0.3) is 0 Å². The van der Waals surface area contributed by atoms with Gasteiger partial charge in [0.1, 0.15) is 6.29 Å². The van der Waals surface area contributed by atoms with Crippen molar-refractivity contribution in [1.29, 1.82) is 0 Å². The summed E-state index contributed by atoms with van der Waals surface area (Å²) in [4.78, 5) is 10.2. The Labute approximate surface area is 130 Å². The van der Waals surface area contributed by atoms with Gasteiger partial charge in [-0.2, -0.15) is 0 Å². The molecule has 0 spiro atoms. The van der Waals surface area contributed by atoms with Crippen LogP contribution < -0.4 is 0 Å². The largest absolute Gasteiger partial charge is 0.388 e. The van der Waals surface area contributed by atoms with Crippen LogP contribution in [0.5, 0.6) is 0 Å². The van der Waals surface area contributed by atoms with Crippen LogP contribution in [0.3, 0.4) is 0 Å². The van der Waals surface area contributed by atoms with Crippen molar-refractivity contribution >= 4 is 17.9 Å². The molecule has 1 N–H and O–H groups in total. The number of carbonyl (C=O) groups excluding carboxylic acids is 1. The molecule has 0 bridgehead atoms. The lowest BCUT2D eigenvalue weighted by Crippen LogP contribution is -1.97. The summed E-state index contributed by atoms with van der Waals surface area (Å²) >= 11 is 5.88. The van der Waals surface area contributed by atoms with Crippen LogP contribution in [0.25, 0.3) is 11.1 Å². The molecule has 0 aromatic heterocycles. The minimum Gasteiger partial charge on any atom is -0.388 e. The fraction of sp³-hybridized carbons (Fsp3) is 0.278. The summed E-state index contributed by atoms with van der Waals surface area (Å²) in [6, 6.07) is 15.6. The SMILES string of the molecule is O=CCCCCC(O)c1ccc(-c2ccc(Cl)cc2)cc1. The topological polar surface area (TPSA) is 37.3 Å². The van der Waals surface area contributed by atoms with Gasteiger partial charge < -0.3 is 9.90 Å². The molecule has 3 heteroatoms. The van der Waals surface area contributed by atoms with Crippen LogP contribution in [0, 0.1) is 0 Å². The summed E-state index contributed by atoms with van der Waals surface area (Å²) in [5.41, 5.74) is 3.12. The van der Waals surface area contributed by atoms with Gasteiger partial charge in [-0.1, -0.05) is 54.4 Å². The molecule has 2 aromatic carbocycles. The standard InChI is InChI=1S/C18H19ClO2/c19-17-11-9-15(10-12-17)14-5-7-16(8-6-14)18(21)4-2-1-3-13-20/h5-13,18,21H,1-4H2. The van der Waals surface area contributed by atoms with Crippen molar-refractivity contribution in [3.63, 3.8) is 0 Å². The first-order valence-corrected chi connectivity index (χ1v) is 7.56. The van der Waals surface area contributed by atoms with E-state index in [9.17, 15) is 9.90 Å². The second-order valence-electron chi connectivity index (χ2n) is 5.10. The Bertz CT molecular complexity index is 561. The molecule has 0 aliphatic heterocycles. The molecule has 0 aliphatic carbocycles. The highest BCUT2D eigenvalue weighted by Gasteiger charge is 2.07. The lowest BCUT2D eigenvalue weighted by molar-refractivity contribution is -0.107. The van der Waals surface area contributed by atoms with Crippen LogP contribution in [0.1, 0.15) is 37.4 Å². The minimum absolute atomic E-state index is 0.462. The van der Waals surface area contributed by atoms with Crippen LogP contribution >= 0.6 is 11.6 Å². The number of rotatable bonds is 7. The molecule has 0 radical (unpaired) electrons. The second-order valence-corrected chi connectivity index (χ2v) is 5.53. The van der Waals surface area contributed by atoms with E-state index in [4.69, 9.17) is 11.6 Å². The zero-order valence-electron chi connectivity index (χ0n) is 11.8. The Morgan fingerprint density at radius 1 is 0.952 bits per heavy atom. The van der Waals surface area contributed by atoms with E-state index in [2.05, 4.69) is 0 Å². The van der Waals surface area contributed by atoms with Gasteiger partial charge in [0.2, 0.25) is 0 Å². The average Bonchev–Trinajstić information content (AvgIpc) is 2.52. The maximum absolute atomic E-state index is 10.2. The third-order valence-electron chi connectivity index (χ3n) is 3.52. The van der Waals surface area contributed by atoms with E-state index in [1.807, 2.05) is 48.5 Å². The maximum Gasteiger partial charge on any atom is 0.119 e. The summed E-state index contributed by atoms with van der Waals surface area (Å²) in [5, 5.41) is 10.8. The molecule has 0 aliphatic rings. The predicted molar refractivity (Wildman–Crippen MR) is 86.4 cm³/mol. The van der Waals surface area contributed by atoms with Crippen LogP contribution in [0.2, 0.25) is 5.02 Å². The Morgan fingerprint density at radius 3 is 2.10 bits per heavy atom. The first-order chi connectivity index (χ1) is 10.2. The van der Waals surface area contributed by atoms with Gasteiger partial charge in [-0.05, 0) is 41.7 Å². The van der Waals surface area contributed by atoms with E-state index in [1.165, 1.54) is 0 Å². The number of hydrogen-bond donors (Lipinski definition) is 1. The number of unbranched alkanes of at least 4 members (excludes halogenated alkanes) is 2. The highest BCUT2D eigenvalue weighted by atomic mass is 35.5. The fourth-order valence-corrected chi connectivity index (χ4v) is 2.40. The first kappa shape index (κ1) is 15.7. The summed E-state index contributed by atoms with van der Waals surface area (Å²) in [6.07, 6.45) is 3.42. The third kappa shape index (κ3) is 4.69. The number of benzene rings is 2. The van der Waals surface area contributed by atoms with E-state index in [0.29, 0.717) is 12.8 Å². The Hall–Kier alpha value is -1.64. The molecule has 0 amide bonds. The Balaban J connectivity index is 1.98. The molecule has 0 fully saturated rings. The summed E-state index contributed by atoms with van der Waals surface area (Å²) in [7, 11) is 0. The minimum atomic E-state index is -0.462. The molecular formula is C18H19ClO2. The molecule has 0 saturated carbocycles. The Kier molecular flexibility index (Phi) is 5.97. The second kappa shape index (κ2) is 7.96. The number of halogens is 1. The zero-order chi connectivity index (χ0) is 15.1. The van der Waals surface area contributed by atoms with Gasteiger partial charge in [0.15, 0.2) is 0 Å². The van der Waals surface area contributed by atoms with Gasteiger partial charge in [0.05, 0.1) is 6.10 Å². The summed E-state index contributed by atoms with van der Waals surface area (Å²) in [6.45, 7) is 0. The van der Waals surface area contributed by atoms with E-state index < -0.39 is 6.10 Å². The quantitative estimate of drug-likeness (QED) is 0.589. The number of aliphatic hydroxyl groups is 1. The maximum atomic E-state index is 10.2. The molecule has 2 rings (SSSR count). The Morgan fingerprint density at radius 2 is 1.52 bits per heavy atom. The van der Waals surface area contributed by atoms with Crippen molar-refractivity contribution in [2.75, 3.05) is 0 Å². The van der Waals surface area contributed by atoms with E-state index in [-0.39, 0.29) is 0 Å². The molecule has 2 nitrogen and oxygen atoms in total. The molecule has 0 heterocycles. The van der Waals surface area contributed by atoms with E-state index in [1.54, 1.807) is 0 Å². The zero-order valence-corrected chi connectivity index (χ0v) is 12.6. The van der Waals surface area contributed by atoms with E-state index >= 15 is 0 Å². The average molecular weight is 303 g/mol. The van der Waals surface area contributed by atoms with Crippen LogP contribution in [-0.2, 0) is 4.79 Å². The van der Waals surface area contributed by atoms with Gasteiger partial charge in [-0.15, -0.1) is 0 Å². The monoisotopic (exact) mass is 302 g/mol. The van der Waals surface area contributed by atoms with Gasteiger partial charge in [-0.3, -0.25) is 0 Å². The normalized spacial score (nSPS) is 12.1. The molecule has 2 aromatic rings. The molecule has 1 unspecified atom stereocenters. The van der Waals surface area contributed by atoms with Crippen molar-refractivity contribution in [2.45, 2.75) is 31.8 Å². The van der Waals surface area contributed by atoms with Crippen molar-refractivity contribution in [2.24, 2.45) is 0 Å². The lowest BCUT2D eigenvalue weighted by Gasteiger charge is -2.11. The number of aliphatic hydroxyl groups excluding tert-OH is 1. The number of carbonyl (C=O) groups is 1. The summed E-state index contributed by atoms with van der Waals surface area (Å²) in [5.74, 6) is 0. The lowest BCUT2D eigenvalue weighted by atomic mass is 9.99. The smallest absolute Gasteiger partial charge is 0.119 e. The molecular weight excluding hydrogens is 284 g/mol. The number of hydrogen-bond acceptors (Lipinski definition) is 2. The van der Waals surface area contributed by atoms with Crippen LogP contribution in [0.4, 0.5) is 0 Å².